The van der Waals surface area contributed by atoms with E-state index in [1.54, 1.807) is 0 Å². The zero-order chi connectivity index (χ0) is 14.7. The fraction of sp³-hybridized carbons (Fsp3) is 0.882. The minimum Gasteiger partial charge on any atom is -0.425 e. The minimum atomic E-state index is 0.164. The Morgan fingerprint density at radius 1 is 1.10 bits per heavy atom. The molecule has 0 amide bonds. The molecule has 4 fully saturated rings. The quantitative estimate of drug-likeness (QED) is 0.924. The van der Waals surface area contributed by atoms with Gasteiger partial charge in [0.1, 0.15) is 0 Å². The van der Waals surface area contributed by atoms with Gasteiger partial charge in [-0.15, -0.1) is 10.2 Å². The van der Waals surface area contributed by atoms with Crippen molar-refractivity contribution in [2.75, 3.05) is 6.54 Å². The zero-order valence-corrected chi connectivity index (χ0v) is 13.3. The highest BCUT2D eigenvalue weighted by Gasteiger charge is 2.62. The summed E-state index contributed by atoms with van der Waals surface area (Å²) in [5.41, 5.74) is 6.71. The van der Waals surface area contributed by atoms with Gasteiger partial charge in [0, 0.05) is 11.8 Å². The molecule has 0 aromatic carbocycles. The van der Waals surface area contributed by atoms with Crippen LogP contribution in [-0.4, -0.2) is 16.7 Å². The number of hydrogen-bond donors (Lipinski definition) is 1. The van der Waals surface area contributed by atoms with Crippen LogP contribution < -0.4 is 5.73 Å². The van der Waals surface area contributed by atoms with Crippen LogP contribution in [0.2, 0.25) is 0 Å². The van der Waals surface area contributed by atoms with Gasteiger partial charge in [-0.25, -0.2) is 0 Å². The van der Waals surface area contributed by atoms with Gasteiger partial charge in [-0.2, -0.15) is 0 Å². The van der Waals surface area contributed by atoms with Gasteiger partial charge >= 0.3 is 0 Å². The molecule has 4 nitrogen and oxygen atoms in total. The van der Waals surface area contributed by atoms with Crippen LogP contribution in [0, 0.1) is 16.7 Å². The van der Waals surface area contributed by atoms with E-state index in [1.165, 1.54) is 38.5 Å². The largest absolute Gasteiger partial charge is 0.425 e. The summed E-state index contributed by atoms with van der Waals surface area (Å²) in [6.45, 7) is 5.65. The van der Waals surface area contributed by atoms with Gasteiger partial charge in [-0.3, -0.25) is 0 Å². The van der Waals surface area contributed by atoms with E-state index in [9.17, 15) is 0 Å². The van der Waals surface area contributed by atoms with Crippen LogP contribution >= 0.6 is 0 Å². The lowest BCUT2D eigenvalue weighted by atomic mass is 9.40. The van der Waals surface area contributed by atoms with Crippen molar-refractivity contribution in [3.63, 3.8) is 0 Å². The molecule has 4 aliphatic rings. The first kappa shape index (κ1) is 13.7. The summed E-state index contributed by atoms with van der Waals surface area (Å²) in [5.74, 6) is 2.56. The molecule has 5 rings (SSSR count). The number of rotatable bonds is 4. The summed E-state index contributed by atoms with van der Waals surface area (Å²) in [6, 6.07) is 0. The minimum absolute atomic E-state index is 0.164. The van der Waals surface area contributed by atoms with Crippen LogP contribution in [0.25, 0.3) is 0 Å². The molecular formula is C17H27N3O. The molecule has 0 radical (unpaired) electrons. The van der Waals surface area contributed by atoms with E-state index in [1.807, 2.05) is 0 Å². The Hall–Kier alpha value is -0.900. The van der Waals surface area contributed by atoms with Crippen molar-refractivity contribution in [1.29, 1.82) is 0 Å². The van der Waals surface area contributed by atoms with E-state index in [4.69, 9.17) is 10.2 Å². The van der Waals surface area contributed by atoms with Crippen LogP contribution in [0.4, 0.5) is 0 Å². The molecule has 2 N–H and O–H groups in total. The maximum atomic E-state index is 6.08. The van der Waals surface area contributed by atoms with Crippen molar-refractivity contribution in [2.24, 2.45) is 22.5 Å². The first-order chi connectivity index (χ1) is 9.94. The van der Waals surface area contributed by atoms with Crippen LogP contribution in [0.15, 0.2) is 4.42 Å². The average Bonchev–Trinajstić information content (AvgIpc) is 2.81. The van der Waals surface area contributed by atoms with Crippen LogP contribution in [0.1, 0.15) is 70.6 Å². The monoisotopic (exact) mass is 289 g/mol. The molecule has 116 valence electrons. The summed E-state index contributed by atoms with van der Waals surface area (Å²) in [7, 11) is 0. The number of aryl methyl sites for hydroxylation is 1. The van der Waals surface area contributed by atoms with Gasteiger partial charge in [-0.1, -0.05) is 13.8 Å². The molecule has 1 aromatic heterocycles. The van der Waals surface area contributed by atoms with E-state index >= 15 is 0 Å². The van der Waals surface area contributed by atoms with Crippen molar-refractivity contribution in [1.82, 2.24) is 10.2 Å². The third-order valence-corrected chi connectivity index (χ3v) is 6.14. The van der Waals surface area contributed by atoms with Crippen molar-refractivity contribution >= 4 is 0 Å². The Morgan fingerprint density at radius 3 is 2.43 bits per heavy atom. The van der Waals surface area contributed by atoms with Crippen LogP contribution in [0.5, 0.6) is 0 Å². The van der Waals surface area contributed by atoms with E-state index in [2.05, 4.69) is 24.0 Å². The molecule has 2 unspecified atom stereocenters. The second-order valence-corrected chi connectivity index (χ2v) is 8.80. The van der Waals surface area contributed by atoms with Crippen molar-refractivity contribution in [3.8, 4) is 0 Å². The van der Waals surface area contributed by atoms with E-state index in [0.29, 0.717) is 17.4 Å². The lowest BCUT2D eigenvalue weighted by Crippen LogP contribution is -2.57. The lowest BCUT2D eigenvalue weighted by Gasteiger charge is -2.64. The topological polar surface area (TPSA) is 64.9 Å². The van der Waals surface area contributed by atoms with Crippen molar-refractivity contribution < 1.29 is 4.42 Å². The third kappa shape index (κ3) is 2.14. The fourth-order valence-corrected chi connectivity index (χ4v) is 6.51. The summed E-state index contributed by atoms with van der Waals surface area (Å²) in [4.78, 5) is 0. The molecule has 0 saturated heterocycles. The Labute approximate surface area is 126 Å². The first-order valence-corrected chi connectivity index (χ1v) is 8.47. The van der Waals surface area contributed by atoms with Gasteiger partial charge in [0.25, 0.3) is 0 Å². The Balaban J connectivity index is 1.66. The number of nitrogens with zero attached hydrogens (tertiary/aromatic N) is 2. The highest BCUT2D eigenvalue weighted by Crippen LogP contribution is 2.69. The smallest absolute Gasteiger partial charge is 0.222 e. The maximum Gasteiger partial charge on any atom is 0.222 e. The van der Waals surface area contributed by atoms with Crippen molar-refractivity contribution in [3.05, 3.63) is 11.8 Å². The second kappa shape index (κ2) is 4.31. The summed E-state index contributed by atoms with van der Waals surface area (Å²) in [6.07, 6.45) is 9.67. The highest BCUT2D eigenvalue weighted by atomic mass is 16.4. The lowest BCUT2D eigenvalue weighted by molar-refractivity contribution is -0.117. The zero-order valence-electron chi connectivity index (χ0n) is 13.3. The average molecular weight is 289 g/mol. The van der Waals surface area contributed by atoms with Gasteiger partial charge < -0.3 is 10.2 Å². The van der Waals surface area contributed by atoms with Gasteiger partial charge in [0.2, 0.25) is 11.8 Å². The normalized spacial score (nSPS) is 44.4. The molecule has 0 aliphatic heterocycles. The SMILES string of the molecule is CC12CC3CC(C)(C1)CC(c1nnc(CCCN)o1)(C3)C2. The molecule has 4 aliphatic carbocycles. The molecule has 1 heterocycles. The van der Waals surface area contributed by atoms with E-state index in [-0.39, 0.29) is 5.41 Å². The number of aromatic nitrogens is 2. The maximum absolute atomic E-state index is 6.08. The van der Waals surface area contributed by atoms with Gasteiger partial charge in [0.15, 0.2) is 0 Å². The van der Waals surface area contributed by atoms with Gasteiger partial charge in [0.05, 0.1) is 0 Å². The van der Waals surface area contributed by atoms with E-state index < -0.39 is 0 Å². The van der Waals surface area contributed by atoms with Crippen LogP contribution in [0.3, 0.4) is 0 Å². The van der Waals surface area contributed by atoms with Crippen molar-refractivity contribution in [2.45, 2.75) is 70.6 Å². The molecule has 0 spiro atoms. The number of hydrogen-bond acceptors (Lipinski definition) is 4. The molecule has 21 heavy (non-hydrogen) atoms. The molecule has 4 saturated carbocycles. The summed E-state index contributed by atoms with van der Waals surface area (Å²) in [5, 5.41) is 8.75. The molecule has 4 bridgehead atoms. The van der Waals surface area contributed by atoms with Crippen LogP contribution in [-0.2, 0) is 11.8 Å². The van der Waals surface area contributed by atoms with Gasteiger partial charge in [-0.05, 0) is 68.2 Å². The molecule has 4 heteroatoms. The molecular weight excluding hydrogens is 262 g/mol. The highest BCUT2D eigenvalue weighted by molar-refractivity contribution is 5.20. The molecule has 1 aromatic rings. The Morgan fingerprint density at radius 2 is 1.81 bits per heavy atom. The third-order valence-electron chi connectivity index (χ3n) is 6.14. The first-order valence-electron chi connectivity index (χ1n) is 8.47. The summed E-state index contributed by atoms with van der Waals surface area (Å²) < 4.78 is 6.08. The van der Waals surface area contributed by atoms with E-state index in [0.717, 1.165) is 30.5 Å². The number of nitrogens with two attached hydrogens (primary N) is 1. The molecule has 2 atom stereocenters. The predicted octanol–water partition coefficient (Wildman–Crippen LogP) is 3.21. The Bertz CT molecular complexity index is 534. The Kier molecular flexibility index (Phi) is 2.82. The summed E-state index contributed by atoms with van der Waals surface area (Å²) >= 11 is 0. The second-order valence-electron chi connectivity index (χ2n) is 8.80. The standard InChI is InChI=1S/C17H27N3O/c1-15-6-12-7-16(2,9-15)11-17(8-12,10-15)14-20-19-13(21-14)4-3-5-18/h12H,3-11,18H2,1-2H3. The predicted molar refractivity (Wildman–Crippen MR) is 80.8 cm³/mol. The fourth-order valence-electron chi connectivity index (χ4n) is 6.51.